The molecule has 1 heterocycles. The van der Waals surface area contributed by atoms with Gasteiger partial charge in [0.15, 0.2) is 0 Å². The molecule has 0 atom stereocenters. The minimum Gasteiger partial charge on any atom is -0.493 e. The molecule has 0 fully saturated rings. The normalized spacial score (nSPS) is 14.4. The number of aliphatic hydroxyl groups is 1. The van der Waals surface area contributed by atoms with Crippen molar-refractivity contribution in [2.75, 3.05) is 13.2 Å². The first kappa shape index (κ1) is 13.8. The van der Waals surface area contributed by atoms with Crippen LogP contribution in [0.2, 0.25) is 0 Å². The molecule has 0 aliphatic carbocycles. The second-order valence-corrected chi connectivity index (χ2v) is 6.28. The Bertz CT molecular complexity index is 432. The molecule has 1 aliphatic rings. The van der Waals surface area contributed by atoms with Crippen molar-refractivity contribution in [1.29, 1.82) is 0 Å². The van der Waals surface area contributed by atoms with E-state index >= 15 is 0 Å². The van der Waals surface area contributed by atoms with Gasteiger partial charge in [0.05, 0.1) is 6.61 Å². The Kier molecular flexibility index (Phi) is 4.30. The van der Waals surface area contributed by atoms with E-state index in [-0.39, 0.29) is 12.1 Å². The van der Waals surface area contributed by atoms with Gasteiger partial charge in [-0.1, -0.05) is 15.9 Å². The van der Waals surface area contributed by atoms with E-state index in [0.717, 1.165) is 36.2 Å². The quantitative estimate of drug-likeness (QED) is 0.878. The van der Waals surface area contributed by atoms with Crippen molar-refractivity contribution in [3.05, 3.63) is 27.7 Å². The molecule has 0 aromatic heterocycles. The third-order valence-corrected chi connectivity index (χ3v) is 3.78. The van der Waals surface area contributed by atoms with E-state index in [1.807, 2.05) is 0 Å². The Hall–Kier alpha value is -0.580. The predicted molar refractivity (Wildman–Crippen MR) is 76.0 cm³/mol. The molecule has 2 N–H and O–H groups in total. The number of rotatable bonds is 5. The molecular weight excluding hydrogens is 294 g/mol. The molecule has 18 heavy (non-hydrogen) atoms. The summed E-state index contributed by atoms with van der Waals surface area (Å²) in [5.41, 5.74) is 2.40. The first-order valence-corrected chi connectivity index (χ1v) is 7.11. The molecule has 100 valence electrons. The highest BCUT2D eigenvalue weighted by molar-refractivity contribution is 9.10. The van der Waals surface area contributed by atoms with Crippen molar-refractivity contribution in [3.63, 3.8) is 0 Å². The van der Waals surface area contributed by atoms with Crippen molar-refractivity contribution in [2.45, 2.75) is 38.8 Å². The zero-order valence-electron chi connectivity index (χ0n) is 10.9. The van der Waals surface area contributed by atoms with Crippen LogP contribution in [0.4, 0.5) is 0 Å². The molecule has 0 spiro atoms. The summed E-state index contributed by atoms with van der Waals surface area (Å²) in [6.45, 7) is 5.94. The van der Waals surface area contributed by atoms with Crippen molar-refractivity contribution < 1.29 is 9.84 Å². The number of fused-ring (bicyclic) bond motifs is 1. The van der Waals surface area contributed by atoms with Gasteiger partial charge in [-0.25, -0.2) is 0 Å². The number of ether oxygens (including phenoxy) is 1. The molecule has 1 aliphatic heterocycles. The lowest BCUT2D eigenvalue weighted by molar-refractivity contribution is 0.229. The molecule has 0 saturated carbocycles. The predicted octanol–water partition coefficient (Wildman–Crippen LogP) is 2.63. The minimum atomic E-state index is -0.0669. The number of nitrogens with one attached hydrogen (secondary N) is 1. The SMILES string of the molecule is CC(C)(CCO)NCc1cc(Br)cc2c1OCC2. The van der Waals surface area contributed by atoms with Gasteiger partial charge in [0.1, 0.15) is 5.75 Å². The lowest BCUT2D eigenvalue weighted by Crippen LogP contribution is -2.39. The van der Waals surface area contributed by atoms with Crippen LogP contribution in [0.25, 0.3) is 0 Å². The van der Waals surface area contributed by atoms with Crippen molar-refractivity contribution in [1.82, 2.24) is 5.32 Å². The number of hydrogen-bond donors (Lipinski definition) is 2. The average Bonchev–Trinajstić information content (AvgIpc) is 2.73. The molecule has 3 nitrogen and oxygen atoms in total. The summed E-state index contributed by atoms with van der Waals surface area (Å²) in [5.74, 6) is 1.03. The summed E-state index contributed by atoms with van der Waals surface area (Å²) in [6, 6.07) is 4.23. The molecule has 0 radical (unpaired) electrons. The van der Waals surface area contributed by atoms with Crippen LogP contribution in [0.3, 0.4) is 0 Å². The van der Waals surface area contributed by atoms with Gasteiger partial charge in [0, 0.05) is 35.1 Å². The zero-order chi connectivity index (χ0) is 13.2. The van der Waals surface area contributed by atoms with Gasteiger partial charge >= 0.3 is 0 Å². The van der Waals surface area contributed by atoms with Crippen LogP contribution in [-0.4, -0.2) is 23.9 Å². The van der Waals surface area contributed by atoms with Gasteiger partial charge in [-0.2, -0.15) is 0 Å². The van der Waals surface area contributed by atoms with Gasteiger partial charge < -0.3 is 15.2 Å². The standard InChI is InChI=1S/C14H20BrNO2/c1-14(2,4-5-17)16-9-11-8-12(15)7-10-3-6-18-13(10)11/h7-8,16-17H,3-6,9H2,1-2H3. The molecule has 0 amide bonds. The topological polar surface area (TPSA) is 41.5 Å². The largest absolute Gasteiger partial charge is 0.493 e. The summed E-state index contributed by atoms with van der Waals surface area (Å²) >= 11 is 3.54. The summed E-state index contributed by atoms with van der Waals surface area (Å²) in [6.07, 6.45) is 1.73. The van der Waals surface area contributed by atoms with Crippen LogP contribution in [0.5, 0.6) is 5.75 Å². The van der Waals surface area contributed by atoms with Crippen LogP contribution < -0.4 is 10.1 Å². The Morgan fingerprint density at radius 2 is 2.22 bits per heavy atom. The minimum absolute atomic E-state index is 0.0669. The molecule has 0 unspecified atom stereocenters. The van der Waals surface area contributed by atoms with E-state index in [4.69, 9.17) is 9.84 Å². The number of benzene rings is 1. The maximum Gasteiger partial charge on any atom is 0.127 e. The van der Waals surface area contributed by atoms with Crippen LogP contribution in [-0.2, 0) is 13.0 Å². The summed E-state index contributed by atoms with van der Waals surface area (Å²) in [7, 11) is 0. The first-order chi connectivity index (χ1) is 8.52. The Morgan fingerprint density at radius 3 is 2.94 bits per heavy atom. The summed E-state index contributed by atoms with van der Waals surface area (Å²) in [5, 5.41) is 12.5. The highest BCUT2D eigenvalue weighted by atomic mass is 79.9. The highest BCUT2D eigenvalue weighted by Gasteiger charge is 2.20. The molecule has 1 aromatic carbocycles. The van der Waals surface area contributed by atoms with Crippen LogP contribution >= 0.6 is 15.9 Å². The fourth-order valence-electron chi connectivity index (χ4n) is 2.18. The maximum atomic E-state index is 9.03. The summed E-state index contributed by atoms with van der Waals surface area (Å²) < 4.78 is 6.80. The Balaban J connectivity index is 2.10. The molecule has 0 bridgehead atoms. The van der Waals surface area contributed by atoms with Crippen LogP contribution in [0.1, 0.15) is 31.4 Å². The average molecular weight is 314 g/mol. The third kappa shape index (κ3) is 3.25. The van der Waals surface area contributed by atoms with Crippen LogP contribution in [0, 0.1) is 0 Å². The molecule has 0 saturated heterocycles. The molecule has 2 rings (SSSR count). The van der Waals surface area contributed by atoms with Gasteiger partial charge in [0.2, 0.25) is 0 Å². The van der Waals surface area contributed by atoms with Crippen LogP contribution in [0.15, 0.2) is 16.6 Å². The maximum absolute atomic E-state index is 9.03. The van der Waals surface area contributed by atoms with E-state index in [1.165, 1.54) is 11.1 Å². The van der Waals surface area contributed by atoms with Gasteiger partial charge in [-0.15, -0.1) is 0 Å². The number of aliphatic hydroxyl groups excluding tert-OH is 1. The van der Waals surface area contributed by atoms with E-state index < -0.39 is 0 Å². The summed E-state index contributed by atoms with van der Waals surface area (Å²) in [4.78, 5) is 0. The number of halogens is 1. The smallest absolute Gasteiger partial charge is 0.127 e. The van der Waals surface area contributed by atoms with Gasteiger partial charge in [-0.05, 0) is 38.0 Å². The first-order valence-electron chi connectivity index (χ1n) is 6.32. The third-order valence-electron chi connectivity index (χ3n) is 3.32. The fourth-order valence-corrected chi connectivity index (χ4v) is 2.73. The molecule has 4 heteroatoms. The number of hydrogen-bond acceptors (Lipinski definition) is 3. The van der Waals surface area contributed by atoms with Gasteiger partial charge in [0.25, 0.3) is 0 Å². The highest BCUT2D eigenvalue weighted by Crippen LogP contribution is 2.33. The van der Waals surface area contributed by atoms with Crippen molar-refractivity contribution in [3.8, 4) is 5.75 Å². The molecule has 1 aromatic rings. The Labute approximate surface area is 117 Å². The lowest BCUT2D eigenvalue weighted by Gasteiger charge is -2.26. The fraction of sp³-hybridized carbons (Fsp3) is 0.571. The van der Waals surface area contributed by atoms with E-state index in [0.29, 0.717) is 0 Å². The second-order valence-electron chi connectivity index (χ2n) is 5.36. The zero-order valence-corrected chi connectivity index (χ0v) is 12.5. The van der Waals surface area contributed by atoms with E-state index in [1.54, 1.807) is 0 Å². The van der Waals surface area contributed by atoms with Crippen molar-refractivity contribution in [2.24, 2.45) is 0 Å². The van der Waals surface area contributed by atoms with Gasteiger partial charge in [-0.3, -0.25) is 0 Å². The lowest BCUT2D eigenvalue weighted by atomic mass is 10.00. The van der Waals surface area contributed by atoms with E-state index in [2.05, 4.69) is 47.2 Å². The molecular formula is C14H20BrNO2. The second kappa shape index (κ2) is 5.59. The van der Waals surface area contributed by atoms with Crippen molar-refractivity contribution >= 4 is 15.9 Å². The van der Waals surface area contributed by atoms with E-state index in [9.17, 15) is 0 Å². The monoisotopic (exact) mass is 313 g/mol. The Morgan fingerprint density at radius 1 is 1.44 bits per heavy atom.